The average Bonchev–Trinajstić information content (AvgIpc) is 1.87. The fourth-order valence-corrected chi connectivity index (χ4v) is 1.14. The molecule has 44 valence electrons. The van der Waals surface area contributed by atoms with Gasteiger partial charge in [-0.05, 0) is 6.55 Å². The second kappa shape index (κ2) is 3.54. The highest BCUT2D eigenvalue weighted by Crippen LogP contribution is 1.99. The first-order chi connectivity index (χ1) is 3.68. The van der Waals surface area contributed by atoms with E-state index in [9.17, 15) is 0 Å². The zero-order chi connectivity index (χ0) is 6.62. The second-order valence-corrected chi connectivity index (χ2v) is 5.71. The predicted octanol–water partition coefficient (Wildman–Crippen LogP) is -1.21. The van der Waals surface area contributed by atoms with Crippen molar-refractivity contribution in [3.63, 3.8) is 0 Å². The van der Waals surface area contributed by atoms with E-state index in [0.29, 0.717) is 0 Å². The van der Waals surface area contributed by atoms with Crippen LogP contribution in [0, 0.1) is 0 Å². The van der Waals surface area contributed by atoms with Gasteiger partial charge in [0.2, 0.25) is 21.0 Å². The van der Waals surface area contributed by atoms with Gasteiger partial charge in [-0.3, -0.25) is 0 Å². The van der Waals surface area contributed by atoms with Gasteiger partial charge in [0.25, 0.3) is 0 Å². The molecule has 0 fully saturated rings. The van der Waals surface area contributed by atoms with E-state index < -0.39 is 8.56 Å². The smallest absolute Gasteiger partial charge is 0.340 e. The van der Waals surface area contributed by atoms with Crippen LogP contribution in [0.2, 0.25) is 6.55 Å². The number of aliphatic hydroxyl groups is 1. The Morgan fingerprint density at radius 1 is 1.50 bits per heavy atom. The van der Waals surface area contributed by atoms with E-state index in [1.807, 2.05) is 0 Å². The molecule has 0 amide bonds. The van der Waals surface area contributed by atoms with Gasteiger partial charge in [-0.25, -0.2) is 0 Å². The highest BCUT2D eigenvalue weighted by Gasteiger charge is 2.25. The van der Waals surface area contributed by atoms with Crippen LogP contribution < -0.4 is 0 Å². The van der Waals surface area contributed by atoms with Crippen LogP contribution in [-0.4, -0.2) is 40.9 Å². The van der Waals surface area contributed by atoms with Crippen molar-refractivity contribution < 1.29 is 13.3 Å². The Labute approximate surface area is 56.3 Å². The molecule has 0 heterocycles. The van der Waals surface area contributed by atoms with Gasteiger partial charge < -0.3 is 13.3 Å². The number of rotatable bonds is 3. The van der Waals surface area contributed by atoms with Crippen molar-refractivity contribution in [2.45, 2.75) is 6.55 Å². The minimum absolute atomic E-state index is 0.0833. The van der Waals surface area contributed by atoms with Crippen LogP contribution in [0.4, 0.5) is 0 Å². The molecule has 3 nitrogen and oxygen atoms in total. The largest absolute Gasteiger partial charge is 0.436 e. The molecular formula is C2H6O3Si3. The summed E-state index contributed by atoms with van der Waals surface area (Å²) in [5, 5.41) is 8.53. The van der Waals surface area contributed by atoms with Crippen LogP contribution in [-0.2, 0) is 8.23 Å². The van der Waals surface area contributed by atoms with Gasteiger partial charge in [-0.15, -0.1) is 0 Å². The minimum atomic E-state index is -2.29. The van der Waals surface area contributed by atoms with Crippen LogP contribution in [0.25, 0.3) is 0 Å². The zero-order valence-electron chi connectivity index (χ0n) is 4.47. The van der Waals surface area contributed by atoms with Crippen molar-refractivity contribution in [3.8, 4) is 0 Å². The molecule has 0 bridgehead atoms. The minimum Gasteiger partial charge on any atom is -0.436 e. The van der Waals surface area contributed by atoms with Crippen LogP contribution in [0.5, 0.6) is 0 Å². The molecular weight excluding hydrogens is 156 g/mol. The summed E-state index contributed by atoms with van der Waals surface area (Å²) >= 11 is 0. The Bertz CT molecular complexity index is 55.3. The normalized spacial score (nSPS) is 12.0. The molecule has 0 atom stereocenters. The highest BCUT2D eigenvalue weighted by atomic mass is 28.4. The van der Waals surface area contributed by atoms with Gasteiger partial charge in [-0.1, -0.05) is 0 Å². The first-order valence-electron chi connectivity index (χ1n) is 1.99. The zero-order valence-corrected chi connectivity index (χ0v) is 7.47. The maximum Gasteiger partial charge on any atom is 0.340 e. The van der Waals surface area contributed by atoms with Gasteiger partial charge in [0, 0.05) is 0 Å². The summed E-state index contributed by atoms with van der Waals surface area (Å²) in [5.41, 5.74) is 0. The fraction of sp³-hybridized carbons (Fsp3) is 1.00. The van der Waals surface area contributed by atoms with Crippen LogP contribution >= 0.6 is 0 Å². The third kappa shape index (κ3) is 2.20. The molecule has 0 rings (SSSR count). The molecule has 0 unspecified atom stereocenters. The van der Waals surface area contributed by atoms with Gasteiger partial charge in [0.1, 0.15) is 0 Å². The van der Waals surface area contributed by atoms with Crippen molar-refractivity contribution >= 4 is 29.5 Å². The second-order valence-electron chi connectivity index (χ2n) is 1.50. The third-order valence-electron chi connectivity index (χ3n) is 0.719. The topological polar surface area (TPSA) is 38.7 Å². The molecule has 0 aliphatic carbocycles. The molecule has 6 heteroatoms. The fourth-order valence-electron chi connectivity index (χ4n) is 0.0854. The van der Waals surface area contributed by atoms with Gasteiger partial charge in [-0.2, -0.15) is 0 Å². The summed E-state index contributed by atoms with van der Waals surface area (Å²) in [6.45, 7) is 1.70. The van der Waals surface area contributed by atoms with E-state index in [1.165, 1.54) is 0 Å². The lowest BCUT2D eigenvalue weighted by atomic mass is 11.7. The summed E-state index contributed by atoms with van der Waals surface area (Å²) in [5.74, 6) is 0. The Hall–Kier alpha value is 0.531. The van der Waals surface area contributed by atoms with Crippen molar-refractivity contribution in [2.75, 3.05) is 6.23 Å². The Morgan fingerprint density at radius 3 is 1.88 bits per heavy atom. The van der Waals surface area contributed by atoms with Crippen molar-refractivity contribution in [1.29, 1.82) is 0 Å². The molecule has 0 spiro atoms. The van der Waals surface area contributed by atoms with Gasteiger partial charge >= 0.3 is 8.56 Å². The van der Waals surface area contributed by atoms with E-state index in [2.05, 4.69) is 29.2 Å². The number of aliphatic hydroxyl groups excluding tert-OH is 1. The predicted molar refractivity (Wildman–Crippen MR) is 32.4 cm³/mol. The average molecular weight is 162 g/mol. The molecule has 1 N–H and O–H groups in total. The first-order valence-corrected chi connectivity index (χ1v) is 5.33. The summed E-state index contributed by atoms with van der Waals surface area (Å²) in [6, 6.07) is 0. The molecule has 0 aliphatic rings. The third-order valence-corrected chi connectivity index (χ3v) is 4.75. The molecule has 0 aliphatic heterocycles. The maximum absolute atomic E-state index is 8.53. The summed E-state index contributed by atoms with van der Waals surface area (Å²) < 4.78 is 9.32. The first kappa shape index (κ1) is 8.53. The summed E-state index contributed by atoms with van der Waals surface area (Å²) in [7, 11) is 3.28. The lowest BCUT2D eigenvalue weighted by Crippen LogP contribution is -2.41. The standard InChI is InChI=1S/C2H6O3Si3/c1-8(2-3,4-6)5-7/h3H,2H2,1H3. The lowest BCUT2D eigenvalue weighted by molar-refractivity contribution is 0.294. The summed E-state index contributed by atoms with van der Waals surface area (Å²) in [6.07, 6.45) is -0.0833. The number of hydrogen-bond acceptors (Lipinski definition) is 3. The maximum atomic E-state index is 8.53. The van der Waals surface area contributed by atoms with Crippen LogP contribution in [0.15, 0.2) is 0 Å². The monoisotopic (exact) mass is 162 g/mol. The van der Waals surface area contributed by atoms with Crippen LogP contribution in [0.1, 0.15) is 0 Å². The van der Waals surface area contributed by atoms with E-state index in [-0.39, 0.29) is 6.23 Å². The van der Waals surface area contributed by atoms with E-state index in [4.69, 9.17) is 5.11 Å². The quantitative estimate of drug-likeness (QED) is 0.529. The van der Waals surface area contributed by atoms with Crippen molar-refractivity contribution in [3.05, 3.63) is 0 Å². The SMILES string of the molecule is C[Si](CO)(O[Si])O[Si]. The van der Waals surface area contributed by atoms with Crippen LogP contribution in [0.3, 0.4) is 0 Å². The summed E-state index contributed by atoms with van der Waals surface area (Å²) in [4.78, 5) is 0. The Balaban J connectivity index is 3.58. The molecule has 0 aromatic carbocycles. The molecule has 0 aromatic heterocycles. The van der Waals surface area contributed by atoms with Gasteiger partial charge in [0.05, 0.1) is 6.23 Å². The van der Waals surface area contributed by atoms with E-state index in [0.717, 1.165) is 0 Å². The van der Waals surface area contributed by atoms with E-state index in [1.54, 1.807) is 6.55 Å². The Kier molecular flexibility index (Phi) is 3.77. The van der Waals surface area contributed by atoms with Crippen molar-refractivity contribution in [2.24, 2.45) is 0 Å². The van der Waals surface area contributed by atoms with Gasteiger partial charge in [0.15, 0.2) is 0 Å². The highest BCUT2D eigenvalue weighted by molar-refractivity contribution is 6.71. The molecule has 8 heavy (non-hydrogen) atoms. The Morgan fingerprint density at radius 2 is 1.88 bits per heavy atom. The van der Waals surface area contributed by atoms with Crippen molar-refractivity contribution in [1.82, 2.24) is 0 Å². The lowest BCUT2D eigenvalue weighted by Gasteiger charge is -2.19. The molecule has 0 aromatic rings. The molecule has 0 saturated heterocycles. The molecule has 0 saturated carbocycles. The molecule has 6 radical (unpaired) electrons. The van der Waals surface area contributed by atoms with E-state index >= 15 is 0 Å². The number of hydrogen-bond donors (Lipinski definition) is 1.